The normalized spacial score (nSPS) is 16.3. The molecule has 0 aromatic heterocycles. The van der Waals surface area contributed by atoms with Gasteiger partial charge in [-0.25, -0.2) is 8.70 Å². The number of amides is 1. The summed E-state index contributed by atoms with van der Waals surface area (Å²) in [5.41, 5.74) is 0.260. The highest BCUT2D eigenvalue weighted by molar-refractivity contribution is 7.90. The average Bonchev–Trinajstić information content (AvgIpc) is 2.60. The topological polar surface area (TPSA) is 64.2 Å². The molecule has 9 heteroatoms. The highest BCUT2D eigenvalue weighted by Crippen LogP contribution is 2.20. The second-order valence-electron chi connectivity index (χ2n) is 6.09. The third-order valence-electron chi connectivity index (χ3n) is 4.31. The van der Waals surface area contributed by atoms with Gasteiger partial charge < -0.3 is 9.80 Å². The van der Waals surface area contributed by atoms with Crippen LogP contribution in [0.2, 0.25) is 0 Å². The van der Waals surface area contributed by atoms with Gasteiger partial charge in [0.05, 0.1) is 5.69 Å². The van der Waals surface area contributed by atoms with Gasteiger partial charge in [-0.15, -0.1) is 0 Å². The molecule has 7 nitrogen and oxygen atoms in total. The van der Waals surface area contributed by atoms with Gasteiger partial charge in [0.2, 0.25) is 5.91 Å². The number of piperazine rings is 1. The molecule has 140 valence electrons. The molecule has 1 saturated heterocycles. The number of hydrogen-bond acceptors (Lipinski definition) is 4. The van der Waals surface area contributed by atoms with Crippen LogP contribution in [0.5, 0.6) is 0 Å². The summed E-state index contributed by atoms with van der Waals surface area (Å²) in [4.78, 5) is 16.5. The summed E-state index contributed by atoms with van der Waals surface area (Å²) in [7, 11) is -1.07. The van der Waals surface area contributed by atoms with E-state index >= 15 is 0 Å². The van der Waals surface area contributed by atoms with Crippen molar-refractivity contribution in [2.75, 3.05) is 57.7 Å². The van der Waals surface area contributed by atoms with Crippen molar-refractivity contribution in [3.05, 3.63) is 30.1 Å². The van der Waals surface area contributed by atoms with Crippen LogP contribution in [-0.2, 0) is 15.0 Å². The predicted octanol–water partition coefficient (Wildman–Crippen LogP) is 0.603. The maximum atomic E-state index is 13.2. The summed E-state index contributed by atoms with van der Waals surface area (Å²) in [6.07, 6.45) is 0. The zero-order chi connectivity index (χ0) is 18.6. The number of carbonyl (C=O) groups is 1. The molecule has 0 unspecified atom stereocenters. The number of halogens is 1. The maximum absolute atomic E-state index is 13.2. The highest BCUT2D eigenvalue weighted by atomic mass is 32.2. The second kappa shape index (κ2) is 8.11. The lowest BCUT2D eigenvalue weighted by molar-refractivity contribution is -0.131. The Kier molecular flexibility index (Phi) is 6.36. The lowest BCUT2D eigenvalue weighted by Gasteiger charge is -2.35. The molecule has 1 aliphatic heterocycles. The molecule has 1 fully saturated rings. The van der Waals surface area contributed by atoms with Gasteiger partial charge in [0.25, 0.3) is 0 Å². The van der Waals surface area contributed by atoms with E-state index in [0.717, 1.165) is 28.2 Å². The highest BCUT2D eigenvalue weighted by Gasteiger charge is 2.30. The van der Waals surface area contributed by atoms with Crippen molar-refractivity contribution in [3.8, 4) is 0 Å². The van der Waals surface area contributed by atoms with Crippen molar-refractivity contribution in [1.29, 1.82) is 0 Å². The number of nitrogens with zero attached hydrogens (tertiary/aromatic N) is 4. The molecule has 1 amide bonds. The molecule has 0 spiro atoms. The second-order valence-corrected chi connectivity index (χ2v) is 8.16. The molecular weight excluding hydrogens is 347 g/mol. The van der Waals surface area contributed by atoms with Gasteiger partial charge in [-0.2, -0.15) is 12.7 Å². The van der Waals surface area contributed by atoms with Gasteiger partial charge in [-0.05, 0) is 30.8 Å². The monoisotopic (exact) mass is 372 g/mol. The van der Waals surface area contributed by atoms with E-state index in [0.29, 0.717) is 13.1 Å². The lowest BCUT2D eigenvalue weighted by Crippen LogP contribution is -2.52. The van der Waals surface area contributed by atoms with E-state index in [1.807, 2.05) is 0 Å². The number of anilines is 1. The zero-order valence-corrected chi connectivity index (χ0v) is 15.7. The van der Waals surface area contributed by atoms with E-state index in [9.17, 15) is 17.6 Å². The van der Waals surface area contributed by atoms with Gasteiger partial charge in [0.1, 0.15) is 12.4 Å². The maximum Gasteiger partial charge on any atom is 0.304 e. The first-order chi connectivity index (χ1) is 11.8. The van der Waals surface area contributed by atoms with E-state index in [4.69, 9.17) is 0 Å². The van der Waals surface area contributed by atoms with Crippen LogP contribution in [0.25, 0.3) is 0 Å². The summed E-state index contributed by atoms with van der Waals surface area (Å²) >= 11 is 0. The Bertz CT molecular complexity index is 686. The molecule has 0 saturated carbocycles. The molecule has 0 bridgehead atoms. The van der Waals surface area contributed by atoms with Gasteiger partial charge in [0, 0.05) is 40.3 Å². The number of rotatable bonds is 6. The minimum atomic E-state index is -3.87. The SMILES string of the molecule is CCN1CCN(C(=O)CN(c2ccc(F)cc2)S(=O)(=O)N(C)C)CC1. The smallest absolute Gasteiger partial charge is 0.304 e. The van der Waals surface area contributed by atoms with Crippen molar-refractivity contribution >= 4 is 21.8 Å². The fraction of sp³-hybridized carbons (Fsp3) is 0.562. The summed E-state index contributed by atoms with van der Waals surface area (Å²) in [6.45, 7) is 5.39. The fourth-order valence-corrected chi connectivity index (χ4v) is 3.70. The molecule has 0 N–H and O–H groups in total. The summed E-state index contributed by atoms with van der Waals surface area (Å²) in [5.74, 6) is -0.724. The first-order valence-corrected chi connectivity index (χ1v) is 9.61. The molecule has 1 aliphatic rings. The predicted molar refractivity (Wildman–Crippen MR) is 95.0 cm³/mol. The van der Waals surface area contributed by atoms with Crippen molar-refractivity contribution in [1.82, 2.24) is 14.1 Å². The van der Waals surface area contributed by atoms with Gasteiger partial charge in [-0.1, -0.05) is 6.92 Å². The summed E-state index contributed by atoms with van der Waals surface area (Å²) in [5, 5.41) is 0. The third kappa shape index (κ3) is 4.68. The van der Waals surface area contributed by atoms with E-state index in [-0.39, 0.29) is 18.1 Å². The molecule has 0 atom stereocenters. The molecule has 25 heavy (non-hydrogen) atoms. The summed E-state index contributed by atoms with van der Waals surface area (Å²) < 4.78 is 40.4. The van der Waals surface area contributed by atoms with Crippen molar-refractivity contribution < 1.29 is 17.6 Å². The third-order valence-corrected chi connectivity index (χ3v) is 6.13. The van der Waals surface area contributed by atoms with Gasteiger partial charge in [-0.3, -0.25) is 4.79 Å². The molecule has 0 radical (unpaired) electrons. The minimum Gasteiger partial charge on any atom is -0.339 e. The Balaban J connectivity index is 2.19. The Morgan fingerprint density at radius 2 is 1.68 bits per heavy atom. The van der Waals surface area contributed by atoms with Crippen LogP contribution >= 0.6 is 0 Å². The first-order valence-electron chi connectivity index (χ1n) is 8.21. The molecule has 1 aromatic carbocycles. The Labute approximate surface area is 148 Å². The number of benzene rings is 1. The fourth-order valence-electron chi connectivity index (χ4n) is 2.65. The first kappa shape index (κ1) is 19.6. The van der Waals surface area contributed by atoms with E-state index < -0.39 is 16.0 Å². The van der Waals surface area contributed by atoms with Crippen molar-refractivity contribution in [2.24, 2.45) is 0 Å². The van der Waals surface area contributed by atoms with Crippen molar-refractivity contribution in [2.45, 2.75) is 6.92 Å². The molecule has 1 aromatic rings. The lowest BCUT2D eigenvalue weighted by atomic mass is 10.3. The van der Waals surface area contributed by atoms with E-state index in [1.54, 1.807) is 4.90 Å². The Morgan fingerprint density at radius 3 is 2.16 bits per heavy atom. The van der Waals surface area contributed by atoms with Gasteiger partial charge in [0.15, 0.2) is 0 Å². The van der Waals surface area contributed by atoms with Crippen LogP contribution in [0.3, 0.4) is 0 Å². The largest absolute Gasteiger partial charge is 0.339 e. The van der Waals surface area contributed by atoms with E-state index in [2.05, 4.69) is 11.8 Å². The standard InChI is InChI=1S/C16H25FN4O3S/c1-4-19-9-11-20(12-10-19)16(22)13-21(25(23,24)18(2)3)15-7-5-14(17)6-8-15/h5-8H,4,9-13H2,1-3H3. The van der Waals surface area contributed by atoms with E-state index in [1.165, 1.54) is 38.4 Å². The van der Waals surface area contributed by atoms with Crippen molar-refractivity contribution in [3.63, 3.8) is 0 Å². The van der Waals surface area contributed by atoms with Crippen LogP contribution in [0.1, 0.15) is 6.92 Å². The molecule has 1 heterocycles. The number of hydrogen-bond donors (Lipinski definition) is 0. The molecular formula is C16H25FN4O3S. The number of likely N-dealkylation sites (N-methyl/N-ethyl adjacent to an activating group) is 1. The van der Waals surface area contributed by atoms with Crippen LogP contribution in [0.15, 0.2) is 24.3 Å². The minimum absolute atomic E-state index is 0.259. The average molecular weight is 372 g/mol. The van der Waals surface area contributed by atoms with Crippen LogP contribution in [0, 0.1) is 5.82 Å². The van der Waals surface area contributed by atoms with Gasteiger partial charge >= 0.3 is 10.2 Å². The quantitative estimate of drug-likeness (QED) is 0.734. The van der Waals surface area contributed by atoms with Crippen LogP contribution in [0.4, 0.5) is 10.1 Å². The molecule has 0 aliphatic carbocycles. The zero-order valence-electron chi connectivity index (χ0n) is 14.9. The summed E-state index contributed by atoms with van der Waals surface area (Å²) in [6, 6.07) is 5.08. The van der Waals surface area contributed by atoms with Crippen LogP contribution < -0.4 is 4.31 Å². The Morgan fingerprint density at radius 1 is 1.12 bits per heavy atom. The van der Waals surface area contributed by atoms with Crippen LogP contribution in [-0.4, -0.2) is 81.8 Å². The Hall–Kier alpha value is -1.71. The number of carbonyl (C=O) groups excluding carboxylic acids is 1. The molecule has 2 rings (SSSR count).